The fourth-order valence-electron chi connectivity index (χ4n) is 2.83. The van der Waals surface area contributed by atoms with Crippen LogP contribution in [-0.4, -0.2) is 42.7 Å². The number of para-hydroxylation sites is 1. The van der Waals surface area contributed by atoms with Gasteiger partial charge in [-0.2, -0.15) is 0 Å². The molecule has 1 N–H and O–H groups in total. The van der Waals surface area contributed by atoms with Crippen molar-refractivity contribution < 1.29 is 19.1 Å². The minimum absolute atomic E-state index is 0.0679. The van der Waals surface area contributed by atoms with Crippen molar-refractivity contribution in [3.63, 3.8) is 0 Å². The third-order valence-electron chi connectivity index (χ3n) is 4.20. The first-order valence-electron chi connectivity index (χ1n) is 8.70. The summed E-state index contributed by atoms with van der Waals surface area (Å²) >= 11 is 2.90. The lowest BCUT2D eigenvalue weighted by atomic mass is 10.2. The summed E-state index contributed by atoms with van der Waals surface area (Å²) in [4.78, 5) is 30.0. The van der Waals surface area contributed by atoms with Gasteiger partial charge in [-0.15, -0.1) is 22.7 Å². The van der Waals surface area contributed by atoms with Crippen molar-refractivity contribution in [2.75, 3.05) is 19.8 Å². The summed E-state index contributed by atoms with van der Waals surface area (Å²) in [6.07, 6.45) is 2.03. The number of fused-ring (bicyclic) bond motifs is 1. The smallest absolute Gasteiger partial charge is 0.348 e. The summed E-state index contributed by atoms with van der Waals surface area (Å²) in [5.74, 6) is -0.818. The van der Waals surface area contributed by atoms with E-state index in [9.17, 15) is 9.59 Å². The van der Waals surface area contributed by atoms with Gasteiger partial charge in [0.25, 0.3) is 5.91 Å². The average Bonchev–Trinajstić information content (AvgIpc) is 3.43. The molecule has 6 nitrogen and oxygen atoms in total. The van der Waals surface area contributed by atoms with Crippen molar-refractivity contribution in [1.29, 1.82) is 0 Å². The second-order valence-corrected chi connectivity index (χ2v) is 8.28. The molecular weight excluding hydrogens is 384 g/mol. The maximum Gasteiger partial charge on any atom is 0.348 e. The quantitative estimate of drug-likeness (QED) is 0.639. The van der Waals surface area contributed by atoms with Crippen LogP contribution in [0.25, 0.3) is 20.1 Å². The summed E-state index contributed by atoms with van der Waals surface area (Å²) in [5, 5.41) is 3.60. The Balaban J connectivity index is 1.32. The lowest BCUT2D eigenvalue weighted by molar-refractivity contribution is -0.124. The molecule has 1 saturated heterocycles. The maximum absolute atomic E-state index is 12.2. The van der Waals surface area contributed by atoms with Crippen LogP contribution < -0.4 is 5.32 Å². The molecule has 1 fully saturated rings. The van der Waals surface area contributed by atoms with Gasteiger partial charge >= 0.3 is 5.97 Å². The molecule has 1 aliphatic rings. The van der Waals surface area contributed by atoms with Crippen LogP contribution in [-0.2, 0) is 14.3 Å². The zero-order valence-electron chi connectivity index (χ0n) is 14.5. The third-order valence-corrected chi connectivity index (χ3v) is 6.47. The van der Waals surface area contributed by atoms with Crippen LogP contribution in [0.15, 0.2) is 36.4 Å². The Hall–Kier alpha value is -2.29. The first-order valence-corrected chi connectivity index (χ1v) is 10.3. The molecule has 0 bridgehead atoms. The van der Waals surface area contributed by atoms with Crippen LogP contribution in [0.3, 0.4) is 0 Å². The van der Waals surface area contributed by atoms with Crippen molar-refractivity contribution >= 4 is 44.8 Å². The largest absolute Gasteiger partial charge is 0.451 e. The first kappa shape index (κ1) is 18.1. The number of hydrogen-bond acceptors (Lipinski definition) is 7. The molecule has 1 atom stereocenters. The van der Waals surface area contributed by atoms with E-state index in [-0.39, 0.29) is 18.6 Å². The van der Waals surface area contributed by atoms with Gasteiger partial charge in [-0.25, -0.2) is 9.78 Å². The number of aromatic nitrogens is 1. The van der Waals surface area contributed by atoms with Gasteiger partial charge in [0, 0.05) is 13.2 Å². The zero-order chi connectivity index (χ0) is 18.6. The normalized spacial score (nSPS) is 16.5. The Morgan fingerprint density at radius 1 is 1.22 bits per heavy atom. The summed E-state index contributed by atoms with van der Waals surface area (Å²) in [5.41, 5.74) is 0.943. The highest BCUT2D eigenvalue weighted by atomic mass is 32.1. The molecule has 27 heavy (non-hydrogen) atoms. The number of nitrogens with zero attached hydrogens (tertiary/aromatic N) is 1. The van der Waals surface area contributed by atoms with E-state index in [1.165, 1.54) is 11.3 Å². The van der Waals surface area contributed by atoms with Gasteiger partial charge in [0.2, 0.25) is 0 Å². The predicted molar refractivity (Wildman–Crippen MR) is 105 cm³/mol. The molecule has 0 aliphatic carbocycles. The van der Waals surface area contributed by atoms with E-state index in [1.807, 2.05) is 30.3 Å². The number of ether oxygens (including phenoxy) is 2. The molecule has 8 heteroatoms. The monoisotopic (exact) mass is 402 g/mol. The van der Waals surface area contributed by atoms with Crippen LogP contribution in [0.5, 0.6) is 0 Å². The van der Waals surface area contributed by atoms with Crippen LogP contribution in [0.1, 0.15) is 22.5 Å². The average molecular weight is 402 g/mol. The number of rotatable bonds is 6. The SMILES string of the molecule is O=C(COC(=O)c1ccc(-c2nc3ccccc3s2)s1)NC[C@H]1CCCO1. The highest BCUT2D eigenvalue weighted by Crippen LogP contribution is 2.34. The molecule has 4 rings (SSSR count). The second-order valence-electron chi connectivity index (χ2n) is 6.17. The lowest BCUT2D eigenvalue weighted by Crippen LogP contribution is -2.34. The summed E-state index contributed by atoms with van der Waals surface area (Å²) in [6.45, 7) is 0.905. The number of benzene rings is 1. The molecule has 1 aliphatic heterocycles. The lowest BCUT2D eigenvalue weighted by Gasteiger charge is -2.10. The van der Waals surface area contributed by atoms with Crippen LogP contribution in [0.2, 0.25) is 0 Å². The van der Waals surface area contributed by atoms with Crippen molar-refractivity contribution in [3.8, 4) is 9.88 Å². The topological polar surface area (TPSA) is 77.5 Å². The van der Waals surface area contributed by atoms with Crippen LogP contribution >= 0.6 is 22.7 Å². The number of nitrogens with one attached hydrogen (secondary N) is 1. The second kappa shape index (κ2) is 8.16. The summed E-state index contributed by atoms with van der Waals surface area (Å²) in [7, 11) is 0. The van der Waals surface area contributed by atoms with Gasteiger partial charge in [-0.05, 0) is 37.1 Å². The Bertz CT molecular complexity index is 926. The minimum atomic E-state index is -0.500. The predicted octanol–water partition coefficient (Wildman–Crippen LogP) is 3.48. The Morgan fingerprint density at radius 3 is 2.93 bits per heavy atom. The number of thiophene rings is 1. The molecule has 1 aromatic carbocycles. The van der Waals surface area contributed by atoms with Crippen molar-refractivity contribution in [2.45, 2.75) is 18.9 Å². The van der Waals surface area contributed by atoms with Crippen LogP contribution in [0, 0.1) is 0 Å². The molecule has 1 amide bonds. The van der Waals surface area contributed by atoms with E-state index in [2.05, 4.69) is 10.3 Å². The van der Waals surface area contributed by atoms with E-state index < -0.39 is 5.97 Å². The van der Waals surface area contributed by atoms with Crippen molar-refractivity contribution in [2.24, 2.45) is 0 Å². The van der Waals surface area contributed by atoms with E-state index >= 15 is 0 Å². The van der Waals surface area contributed by atoms with E-state index in [0.717, 1.165) is 39.5 Å². The van der Waals surface area contributed by atoms with Crippen LogP contribution in [0.4, 0.5) is 0 Å². The zero-order valence-corrected chi connectivity index (χ0v) is 16.1. The number of carbonyl (C=O) groups excluding carboxylic acids is 2. The Kier molecular flexibility index (Phi) is 5.47. The molecule has 3 aromatic rings. The van der Waals surface area contributed by atoms with Gasteiger partial charge in [0.15, 0.2) is 6.61 Å². The molecule has 0 saturated carbocycles. The molecule has 0 spiro atoms. The number of carbonyl (C=O) groups is 2. The van der Waals surface area contributed by atoms with Gasteiger partial charge in [0.1, 0.15) is 9.88 Å². The first-order chi connectivity index (χ1) is 13.2. The highest BCUT2D eigenvalue weighted by Gasteiger charge is 2.18. The fourth-order valence-corrected chi connectivity index (χ4v) is 4.75. The van der Waals surface area contributed by atoms with Gasteiger partial charge in [-0.3, -0.25) is 4.79 Å². The summed E-state index contributed by atoms with van der Waals surface area (Å²) < 4.78 is 11.7. The molecule has 140 valence electrons. The highest BCUT2D eigenvalue weighted by molar-refractivity contribution is 7.26. The third kappa shape index (κ3) is 4.35. The van der Waals surface area contributed by atoms with Gasteiger partial charge in [-0.1, -0.05) is 12.1 Å². The minimum Gasteiger partial charge on any atom is -0.451 e. The number of hydrogen-bond donors (Lipinski definition) is 1. The standard InChI is InChI=1S/C19H18N2O4S2/c22-17(20-10-12-4-3-9-24-12)11-25-19(23)16-8-7-15(26-16)18-21-13-5-1-2-6-14(13)27-18/h1-2,5-8,12H,3-4,9-11H2,(H,20,22)/t12-/m1/s1. The molecular formula is C19H18N2O4S2. The number of esters is 1. The van der Waals surface area contributed by atoms with E-state index in [0.29, 0.717) is 11.4 Å². The number of amides is 1. The molecule has 2 aromatic heterocycles. The fraction of sp³-hybridized carbons (Fsp3) is 0.316. The maximum atomic E-state index is 12.2. The van der Waals surface area contributed by atoms with Crippen molar-refractivity contribution in [3.05, 3.63) is 41.3 Å². The van der Waals surface area contributed by atoms with Crippen molar-refractivity contribution in [1.82, 2.24) is 10.3 Å². The summed E-state index contributed by atoms with van der Waals surface area (Å²) in [6, 6.07) is 11.5. The molecule has 0 radical (unpaired) electrons. The van der Waals surface area contributed by atoms with Gasteiger partial charge < -0.3 is 14.8 Å². The van der Waals surface area contributed by atoms with E-state index in [1.54, 1.807) is 17.4 Å². The van der Waals surface area contributed by atoms with E-state index in [4.69, 9.17) is 9.47 Å². The Morgan fingerprint density at radius 2 is 2.11 bits per heavy atom. The molecule has 3 heterocycles. The van der Waals surface area contributed by atoms with Gasteiger partial charge in [0.05, 0.1) is 21.2 Å². The number of thiazole rings is 1. The Labute approximate surface area is 164 Å². The molecule has 0 unspecified atom stereocenters.